The van der Waals surface area contributed by atoms with Gasteiger partial charge in [-0.2, -0.15) is 0 Å². The average Bonchev–Trinajstić information content (AvgIpc) is 2.74. The normalized spacial score (nSPS) is 17.7. The van der Waals surface area contributed by atoms with E-state index in [2.05, 4.69) is 22.2 Å². The molecule has 0 saturated heterocycles. The van der Waals surface area contributed by atoms with Crippen molar-refractivity contribution >= 4 is 33.3 Å². The summed E-state index contributed by atoms with van der Waals surface area (Å²) < 4.78 is 0. The molecular weight excluding hydrogens is 286 g/mol. The van der Waals surface area contributed by atoms with Crippen molar-refractivity contribution in [2.75, 3.05) is 11.9 Å². The molecule has 0 spiro atoms. The minimum Gasteiger partial charge on any atom is -0.550 e. The molecule has 21 heavy (non-hydrogen) atoms. The quantitative estimate of drug-likeness (QED) is 0.929. The van der Waals surface area contributed by atoms with Gasteiger partial charge in [0.2, 0.25) is 0 Å². The van der Waals surface area contributed by atoms with E-state index in [0.717, 1.165) is 28.9 Å². The SMILES string of the molecule is Cc1nc(NCCC(=O)[O-])c2c3c(sc2n1)C[C@@H](C)CC3. The number of carbonyl (C=O) groups excluding carboxylic acids is 1. The zero-order valence-corrected chi connectivity index (χ0v) is 13.0. The molecule has 2 aromatic heterocycles. The van der Waals surface area contributed by atoms with Crippen LogP contribution in [0, 0.1) is 12.8 Å². The number of carboxylic acid groups (broad SMARTS) is 1. The summed E-state index contributed by atoms with van der Waals surface area (Å²) in [4.78, 5) is 22.0. The van der Waals surface area contributed by atoms with Gasteiger partial charge in [0.1, 0.15) is 16.5 Å². The summed E-state index contributed by atoms with van der Waals surface area (Å²) in [5.74, 6) is 1.15. The number of thiophene rings is 1. The molecule has 5 nitrogen and oxygen atoms in total. The first-order valence-electron chi connectivity index (χ1n) is 7.27. The van der Waals surface area contributed by atoms with Crippen molar-refractivity contribution in [1.29, 1.82) is 0 Å². The van der Waals surface area contributed by atoms with Gasteiger partial charge in [-0.25, -0.2) is 9.97 Å². The molecule has 0 radical (unpaired) electrons. The van der Waals surface area contributed by atoms with Gasteiger partial charge in [0.05, 0.1) is 5.39 Å². The fraction of sp³-hybridized carbons (Fsp3) is 0.533. The molecule has 0 saturated carbocycles. The molecular formula is C15H18N3O2S-. The van der Waals surface area contributed by atoms with Gasteiger partial charge in [-0.05, 0) is 37.7 Å². The largest absolute Gasteiger partial charge is 0.550 e. The Morgan fingerprint density at radius 2 is 2.29 bits per heavy atom. The Kier molecular flexibility index (Phi) is 3.80. The van der Waals surface area contributed by atoms with E-state index in [1.165, 1.54) is 16.9 Å². The maximum absolute atomic E-state index is 10.6. The van der Waals surface area contributed by atoms with Crippen LogP contribution in [0.2, 0.25) is 0 Å². The zero-order valence-electron chi connectivity index (χ0n) is 12.2. The summed E-state index contributed by atoms with van der Waals surface area (Å²) in [5, 5.41) is 14.8. The maximum Gasteiger partial charge on any atom is 0.138 e. The monoisotopic (exact) mass is 304 g/mol. The second-order valence-electron chi connectivity index (χ2n) is 5.70. The van der Waals surface area contributed by atoms with Crippen molar-refractivity contribution in [3.8, 4) is 0 Å². The summed E-state index contributed by atoms with van der Waals surface area (Å²) in [6.45, 7) is 4.48. The molecule has 0 bridgehead atoms. The number of hydrogen-bond acceptors (Lipinski definition) is 6. The smallest absolute Gasteiger partial charge is 0.138 e. The number of aryl methyl sites for hydroxylation is 2. The molecule has 0 fully saturated rings. The van der Waals surface area contributed by atoms with Crippen LogP contribution in [0.15, 0.2) is 0 Å². The van der Waals surface area contributed by atoms with Gasteiger partial charge in [-0.3, -0.25) is 0 Å². The average molecular weight is 304 g/mol. The van der Waals surface area contributed by atoms with E-state index in [1.807, 2.05) is 6.92 Å². The fourth-order valence-corrected chi connectivity index (χ4v) is 4.29. The van der Waals surface area contributed by atoms with Crippen LogP contribution in [-0.2, 0) is 17.6 Å². The van der Waals surface area contributed by atoms with Gasteiger partial charge in [-0.1, -0.05) is 6.92 Å². The first-order valence-corrected chi connectivity index (χ1v) is 8.09. The van der Waals surface area contributed by atoms with Crippen molar-refractivity contribution in [2.24, 2.45) is 5.92 Å². The third kappa shape index (κ3) is 2.85. The fourth-order valence-electron chi connectivity index (χ4n) is 2.86. The zero-order chi connectivity index (χ0) is 15.0. The highest BCUT2D eigenvalue weighted by molar-refractivity contribution is 7.19. The minimum absolute atomic E-state index is 0.0199. The molecule has 0 aromatic carbocycles. The topological polar surface area (TPSA) is 77.9 Å². The van der Waals surface area contributed by atoms with Crippen LogP contribution in [0.4, 0.5) is 5.82 Å². The molecule has 1 N–H and O–H groups in total. The molecule has 2 aromatic rings. The summed E-state index contributed by atoms with van der Waals surface area (Å²) in [6, 6.07) is 0. The van der Waals surface area contributed by atoms with Gasteiger partial charge in [0, 0.05) is 23.8 Å². The lowest BCUT2D eigenvalue weighted by atomic mass is 9.89. The van der Waals surface area contributed by atoms with Crippen LogP contribution < -0.4 is 10.4 Å². The summed E-state index contributed by atoms with van der Waals surface area (Å²) in [6.07, 6.45) is 3.32. The Bertz CT molecular complexity index is 696. The van der Waals surface area contributed by atoms with Crippen molar-refractivity contribution in [3.05, 3.63) is 16.3 Å². The highest BCUT2D eigenvalue weighted by Crippen LogP contribution is 2.39. The molecule has 2 heterocycles. The summed E-state index contributed by atoms with van der Waals surface area (Å²) in [7, 11) is 0. The Hall–Kier alpha value is -1.69. The first kappa shape index (κ1) is 14.3. The van der Waals surface area contributed by atoms with E-state index in [0.29, 0.717) is 18.3 Å². The molecule has 0 amide bonds. The van der Waals surface area contributed by atoms with E-state index in [1.54, 1.807) is 11.3 Å². The van der Waals surface area contributed by atoms with Crippen LogP contribution in [0.5, 0.6) is 0 Å². The Labute approximate surface area is 127 Å². The predicted octanol–water partition coefficient (Wildman–Crippen LogP) is 1.68. The Morgan fingerprint density at radius 3 is 3.05 bits per heavy atom. The number of aliphatic carboxylic acids is 1. The van der Waals surface area contributed by atoms with E-state index in [9.17, 15) is 9.90 Å². The number of nitrogens with one attached hydrogen (secondary N) is 1. The summed E-state index contributed by atoms with van der Waals surface area (Å²) in [5.41, 5.74) is 1.35. The van der Waals surface area contributed by atoms with Crippen molar-refractivity contribution in [3.63, 3.8) is 0 Å². The van der Waals surface area contributed by atoms with Gasteiger partial charge in [0.15, 0.2) is 0 Å². The van der Waals surface area contributed by atoms with Crippen LogP contribution >= 0.6 is 11.3 Å². The molecule has 1 aliphatic carbocycles. The number of hydrogen-bond donors (Lipinski definition) is 1. The molecule has 1 aliphatic rings. The molecule has 0 aliphatic heterocycles. The standard InChI is InChI=1S/C15H19N3O2S/c1-8-3-4-10-11(7-8)21-15-13(10)14(17-9(2)18-15)16-6-5-12(19)20/h8H,3-7H2,1-2H3,(H,19,20)(H,16,17,18)/p-1/t8-/m0/s1. The van der Waals surface area contributed by atoms with Gasteiger partial charge < -0.3 is 15.2 Å². The molecule has 1 atom stereocenters. The molecule has 112 valence electrons. The molecule has 0 unspecified atom stereocenters. The first-order chi connectivity index (χ1) is 10.0. The number of carboxylic acids is 1. The van der Waals surface area contributed by atoms with E-state index in [-0.39, 0.29) is 6.42 Å². The van der Waals surface area contributed by atoms with E-state index < -0.39 is 5.97 Å². The lowest BCUT2D eigenvalue weighted by Crippen LogP contribution is -2.25. The number of carbonyl (C=O) groups is 1. The highest BCUT2D eigenvalue weighted by atomic mass is 32.1. The number of anilines is 1. The number of rotatable bonds is 4. The van der Waals surface area contributed by atoms with Gasteiger partial charge in [0.25, 0.3) is 0 Å². The Morgan fingerprint density at radius 1 is 1.48 bits per heavy atom. The van der Waals surface area contributed by atoms with Crippen LogP contribution in [-0.4, -0.2) is 22.5 Å². The van der Waals surface area contributed by atoms with E-state index in [4.69, 9.17) is 0 Å². The maximum atomic E-state index is 10.6. The van der Waals surface area contributed by atoms with Crippen molar-refractivity contribution in [2.45, 2.75) is 39.5 Å². The van der Waals surface area contributed by atoms with Crippen LogP contribution in [0.1, 0.15) is 36.0 Å². The van der Waals surface area contributed by atoms with Crippen LogP contribution in [0.3, 0.4) is 0 Å². The Balaban J connectivity index is 2.00. The second kappa shape index (κ2) is 5.60. The number of nitrogens with zero attached hydrogens (tertiary/aromatic N) is 2. The van der Waals surface area contributed by atoms with Crippen molar-refractivity contribution < 1.29 is 9.90 Å². The predicted molar refractivity (Wildman–Crippen MR) is 81.5 cm³/mol. The van der Waals surface area contributed by atoms with Gasteiger partial charge >= 0.3 is 0 Å². The van der Waals surface area contributed by atoms with Crippen molar-refractivity contribution in [1.82, 2.24) is 9.97 Å². The van der Waals surface area contributed by atoms with Gasteiger partial charge in [-0.15, -0.1) is 11.3 Å². The number of fused-ring (bicyclic) bond motifs is 3. The molecule has 3 rings (SSSR count). The number of aromatic nitrogens is 2. The lowest BCUT2D eigenvalue weighted by molar-refractivity contribution is -0.305. The second-order valence-corrected chi connectivity index (χ2v) is 6.78. The molecule has 6 heteroatoms. The highest BCUT2D eigenvalue weighted by Gasteiger charge is 2.23. The third-order valence-corrected chi connectivity index (χ3v) is 5.04. The van der Waals surface area contributed by atoms with E-state index >= 15 is 0 Å². The van der Waals surface area contributed by atoms with Crippen LogP contribution in [0.25, 0.3) is 10.2 Å². The third-order valence-electron chi connectivity index (χ3n) is 3.89. The minimum atomic E-state index is -1.05. The summed E-state index contributed by atoms with van der Waals surface area (Å²) >= 11 is 1.75. The lowest BCUT2D eigenvalue weighted by Gasteiger charge is -2.18.